The predicted molar refractivity (Wildman–Crippen MR) is 70.1 cm³/mol. The van der Waals surface area contributed by atoms with Crippen LogP contribution in [0.2, 0.25) is 0 Å². The highest BCUT2D eigenvalue weighted by Gasteiger charge is 2.07. The molecule has 1 aromatic rings. The number of hydrogen-bond acceptors (Lipinski definition) is 3. The second-order valence-electron chi connectivity index (χ2n) is 4.94. The first-order valence-corrected chi connectivity index (χ1v) is 6.83. The van der Waals surface area contributed by atoms with E-state index in [0.29, 0.717) is 0 Å². The summed E-state index contributed by atoms with van der Waals surface area (Å²) in [6, 6.07) is 4.07. The highest BCUT2D eigenvalue weighted by molar-refractivity contribution is 5.05. The third-order valence-corrected chi connectivity index (χ3v) is 3.40. The van der Waals surface area contributed by atoms with E-state index in [-0.39, 0.29) is 0 Å². The zero-order valence-corrected chi connectivity index (χ0v) is 10.9. The van der Waals surface area contributed by atoms with Crippen LogP contribution in [0.25, 0.3) is 0 Å². The molecule has 17 heavy (non-hydrogen) atoms. The molecular weight excluding hydrogens is 212 g/mol. The molecule has 96 valence electrons. The van der Waals surface area contributed by atoms with E-state index in [2.05, 4.69) is 10.2 Å². The Hall–Kier alpha value is -0.800. The summed E-state index contributed by atoms with van der Waals surface area (Å²) < 4.78 is 5.52. The van der Waals surface area contributed by atoms with Gasteiger partial charge in [-0.05, 0) is 45.0 Å². The van der Waals surface area contributed by atoms with Crippen molar-refractivity contribution in [2.24, 2.45) is 0 Å². The van der Waals surface area contributed by atoms with Gasteiger partial charge in [-0.15, -0.1) is 0 Å². The summed E-state index contributed by atoms with van der Waals surface area (Å²) >= 11 is 0. The van der Waals surface area contributed by atoms with Crippen LogP contribution in [-0.2, 0) is 6.54 Å². The lowest BCUT2D eigenvalue weighted by atomic mass is 10.2. The molecule has 0 spiro atoms. The van der Waals surface area contributed by atoms with Gasteiger partial charge in [0.05, 0.1) is 6.54 Å². The van der Waals surface area contributed by atoms with Crippen molar-refractivity contribution in [1.82, 2.24) is 10.2 Å². The summed E-state index contributed by atoms with van der Waals surface area (Å²) in [7, 11) is 0. The van der Waals surface area contributed by atoms with Gasteiger partial charge in [0.15, 0.2) is 0 Å². The van der Waals surface area contributed by atoms with Crippen molar-refractivity contribution in [3.63, 3.8) is 0 Å². The average molecular weight is 236 g/mol. The highest BCUT2D eigenvalue weighted by Crippen LogP contribution is 2.09. The van der Waals surface area contributed by atoms with Gasteiger partial charge >= 0.3 is 0 Å². The number of nitrogens with one attached hydrogen (secondary N) is 1. The third-order valence-electron chi connectivity index (χ3n) is 3.40. The highest BCUT2D eigenvalue weighted by atomic mass is 16.3. The smallest absolute Gasteiger partial charge is 0.117 e. The molecule has 1 N–H and O–H groups in total. The van der Waals surface area contributed by atoms with Crippen LogP contribution in [0, 0.1) is 6.92 Å². The fourth-order valence-electron chi connectivity index (χ4n) is 2.39. The van der Waals surface area contributed by atoms with Crippen molar-refractivity contribution >= 4 is 0 Å². The first-order chi connectivity index (χ1) is 8.34. The Bertz CT molecular complexity index is 314. The molecule has 1 saturated heterocycles. The SMILES string of the molecule is Cc1ccc(CNCCN2CCCCCC2)o1. The normalized spacial score (nSPS) is 18.2. The Kier molecular flexibility index (Phi) is 5.08. The number of aryl methyl sites for hydroxylation is 1. The first kappa shape index (κ1) is 12.7. The van der Waals surface area contributed by atoms with Crippen LogP contribution in [0.5, 0.6) is 0 Å². The minimum atomic E-state index is 0.849. The fourth-order valence-corrected chi connectivity index (χ4v) is 2.39. The molecule has 0 bridgehead atoms. The molecule has 3 nitrogen and oxygen atoms in total. The van der Waals surface area contributed by atoms with Crippen LogP contribution in [0.15, 0.2) is 16.5 Å². The summed E-state index contributed by atoms with van der Waals surface area (Å²) in [5.74, 6) is 2.03. The molecule has 0 amide bonds. The number of hydrogen-bond donors (Lipinski definition) is 1. The van der Waals surface area contributed by atoms with Crippen LogP contribution in [0.1, 0.15) is 37.2 Å². The summed E-state index contributed by atoms with van der Waals surface area (Å²) in [5.41, 5.74) is 0. The topological polar surface area (TPSA) is 28.4 Å². The zero-order chi connectivity index (χ0) is 11.9. The molecule has 0 aliphatic carbocycles. The number of likely N-dealkylation sites (tertiary alicyclic amines) is 1. The van der Waals surface area contributed by atoms with Gasteiger partial charge in [0.1, 0.15) is 11.5 Å². The molecule has 0 radical (unpaired) electrons. The Morgan fingerprint density at radius 2 is 1.94 bits per heavy atom. The molecular formula is C14H24N2O. The minimum absolute atomic E-state index is 0.849. The van der Waals surface area contributed by atoms with Crippen LogP contribution in [0.4, 0.5) is 0 Å². The van der Waals surface area contributed by atoms with Crippen molar-refractivity contribution < 1.29 is 4.42 Å². The Labute approximate surface area is 104 Å². The van der Waals surface area contributed by atoms with Crippen molar-refractivity contribution in [2.75, 3.05) is 26.2 Å². The standard InChI is InChI=1S/C14H24N2O/c1-13-6-7-14(17-13)12-15-8-11-16-9-4-2-3-5-10-16/h6-7,15H,2-5,8-12H2,1H3. The first-order valence-electron chi connectivity index (χ1n) is 6.83. The van der Waals surface area contributed by atoms with Crippen LogP contribution in [0.3, 0.4) is 0 Å². The van der Waals surface area contributed by atoms with Crippen LogP contribution >= 0.6 is 0 Å². The fraction of sp³-hybridized carbons (Fsp3) is 0.714. The van der Waals surface area contributed by atoms with Gasteiger partial charge in [-0.1, -0.05) is 12.8 Å². The Morgan fingerprint density at radius 1 is 1.18 bits per heavy atom. The molecule has 1 fully saturated rings. The molecule has 0 aromatic carbocycles. The summed E-state index contributed by atoms with van der Waals surface area (Å²) in [6.07, 6.45) is 5.57. The molecule has 2 heterocycles. The van der Waals surface area contributed by atoms with Gasteiger partial charge in [0.2, 0.25) is 0 Å². The number of rotatable bonds is 5. The monoisotopic (exact) mass is 236 g/mol. The maximum Gasteiger partial charge on any atom is 0.117 e. The van der Waals surface area contributed by atoms with E-state index in [1.165, 1.54) is 45.3 Å². The lowest BCUT2D eigenvalue weighted by Gasteiger charge is -2.19. The van der Waals surface area contributed by atoms with Crippen LogP contribution in [-0.4, -0.2) is 31.1 Å². The molecule has 1 aliphatic rings. The van der Waals surface area contributed by atoms with Gasteiger partial charge in [-0.25, -0.2) is 0 Å². The van der Waals surface area contributed by atoms with Crippen molar-refractivity contribution in [2.45, 2.75) is 39.2 Å². The quantitative estimate of drug-likeness (QED) is 0.796. The van der Waals surface area contributed by atoms with Gasteiger partial charge in [-0.3, -0.25) is 0 Å². The lowest BCUT2D eigenvalue weighted by Crippen LogP contribution is -2.32. The molecule has 1 aromatic heterocycles. The van der Waals surface area contributed by atoms with E-state index in [0.717, 1.165) is 24.6 Å². The molecule has 1 aliphatic heterocycles. The largest absolute Gasteiger partial charge is 0.465 e. The molecule has 0 atom stereocenters. The second kappa shape index (κ2) is 6.82. The van der Waals surface area contributed by atoms with Gasteiger partial charge in [-0.2, -0.15) is 0 Å². The molecule has 0 saturated carbocycles. The maximum absolute atomic E-state index is 5.52. The summed E-state index contributed by atoms with van der Waals surface area (Å²) in [5, 5.41) is 3.45. The Morgan fingerprint density at radius 3 is 2.59 bits per heavy atom. The van der Waals surface area contributed by atoms with E-state index >= 15 is 0 Å². The average Bonchev–Trinajstić information content (AvgIpc) is 2.59. The van der Waals surface area contributed by atoms with E-state index in [1.807, 2.05) is 19.1 Å². The zero-order valence-electron chi connectivity index (χ0n) is 10.9. The van der Waals surface area contributed by atoms with E-state index in [1.54, 1.807) is 0 Å². The minimum Gasteiger partial charge on any atom is -0.465 e. The van der Waals surface area contributed by atoms with Crippen molar-refractivity contribution in [3.8, 4) is 0 Å². The Balaban J connectivity index is 1.59. The van der Waals surface area contributed by atoms with Gasteiger partial charge in [0, 0.05) is 13.1 Å². The summed E-state index contributed by atoms with van der Waals surface area (Å²) in [6.45, 7) is 7.62. The van der Waals surface area contributed by atoms with Crippen molar-refractivity contribution in [3.05, 3.63) is 23.7 Å². The van der Waals surface area contributed by atoms with Crippen molar-refractivity contribution in [1.29, 1.82) is 0 Å². The van der Waals surface area contributed by atoms with Gasteiger partial charge in [0.25, 0.3) is 0 Å². The number of nitrogens with zero attached hydrogens (tertiary/aromatic N) is 1. The predicted octanol–water partition coefficient (Wildman–Crippen LogP) is 2.55. The lowest BCUT2D eigenvalue weighted by molar-refractivity contribution is 0.282. The van der Waals surface area contributed by atoms with E-state index < -0.39 is 0 Å². The maximum atomic E-state index is 5.52. The third kappa shape index (κ3) is 4.52. The molecule has 0 unspecified atom stereocenters. The second-order valence-corrected chi connectivity index (χ2v) is 4.94. The van der Waals surface area contributed by atoms with Crippen LogP contribution < -0.4 is 5.32 Å². The summed E-state index contributed by atoms with van der Waals surface area (Å²) in [4.78, 5) is 2.58. The molecule has 2 rings (SSSR count). The van der Waals surface area contributed by atoms with E-state index in [9.17, 15) is 0 Å². The number of furan rings is 1. The molecule has 3 heteroatoms. The van der Waals surface area contributed by atoms with E-state index in [4.69, 9.17) is 4.42 Å². The van der Waals surface area contributed by atoms with Gasteiger partial charge < -0.3 is 14.6 Å².